The lowest BCUT2D eigenvalue weighted by Crippen LogP contribution is -2.46. The first-order chi connectivity index (χ1) is 7.50. The summed E-state index contributed by atoms with van der Waals surface area (Å²) >= 11 is 0. The van der Waals surface area contributed by atoms with Crippen LogP contribution in [0, 0.1) is 17.3 Å². The largest absolute Gasteiger partial charge is 0.495 e. The van der Waals surface area contributed by atoms with Crippen LogP contribution < -0.4 is 0 Å². The fraction of sp³-hybridized carbons (Fsp3) is 0.733. The van der Waals surface area contributed by atoms with Crippen LogP contribution in [0.4, 0.5) is 0 Å². The van der Waals surface area contributed by atoms with Gasteiger partial charge >= 0.3 is 0 Å². The maximum Gasteiger partial charge on any atom is 0.106 e. The predicted octanol–water partition coefficient (Wildman–Crippen LogP) is 4.06. The molecule has 0 amide bonds. The molecule has 0 radical (unpaired) electrons. The van der Waals surface area contributed by atoms with Gasteiger partial charge in [0.25, 0.3) is 0 Å². The molecule has 0 aromatic rings. The number of fused-ring (bicyclic) bond motifs is 1. The van der Waals surface area contributed by atoms with Crippen LogP contribution in [0.1, 0.15) is 46.5 Å². The van der Waals surface area contributed by atoms with E-state index in [0.29, 0.717) is 5.41 Å². The molecule has 1 aliphatic heterocycles. The first kappa shape index (κ1) is 10.4. The average molecular weight is 218 g/mol. The third-order valence-electron chi connectivity index (χ3n) is 4.96. The molecule has 1 nitrogen and oxygen atoms in total. The minimum Gasteiger partial charge on any atom is -0.495 e. The second kappa shape index (κ2) is 3.15. The van der Waals surface area contributed by atoms with Gasteiger partial charge in [-0.25, -0.2) is 0 Å². The van der Waals surface area contributed by atoms with Crippen molar-refractivity contribution in [3.05, 3.63) is 24.0 Å². The molecule has 0 aromatic heterocycles. The second-order valence-electron chi connectivity index (χ2n) is 6.63. The van der Waals surface area contributed by atoms with Crippen molar-refractivity contribution >= 4 is 0 Å². The van der Waals surface area contributed by atoms with Crippen molar-refractivity contribution in [2.45, 2.75) is 52.1 Å². The molecule has 2 aliphatic carbocycles. The quantitative estimate of drug-likeness (QED) is 0.557. The number of hydrogen-bond donors (Lipinski definition) is 0. The summed E-state index contributed by atoms with van der Waals surface area (Å²) in [6.07, 6.45) is 11.9. The van der Waals surface area contributed by atoms with E-state index in [1.165, 1.54) is 24.8 Å². The Morgan fingerprint density at radius 3 is 2.94 bits per heavy atom. The Morgan fingerprint density at radius 1 is 1.31 bits per heavy atom. The van der Waals surface area contributed by atoms with Gasteiger partial charge < -0.3 is 4.74 Å². The average Bonchev–Trinajstić information content (AvgIpc) is 2.33. The van der Waals surface area contributed by atoms with Crippen molar-refractivity contribution in [1.82, 2.24) is 0 Å². The van der Waals surface area contributed by atoms with Crippen LogP contribution in [0.5, 0.6) is 0 Å². The summed E-state index contributed by atoms with van der Waals surface area (Å²) in [5.41, 5.74) is 2.02. The molecule has 0 saturated heterocycles. The third-order valence-corrected chi connectivity index (χ3v) is 4.96. The Morgan fingerprint density at radius 2 is 2.12 bits per heavy atom. The summed E-state index contributed by atoms with van der Waals surface area (Å²) in [6, 6.07) is 0. The standard InChI is InChI=1S/C15H22O/c1-14(2)13-6-8-15(3)7-4-5-11(10-16-14)12(13)9-15/h4,7,10,12-13H,5-6,8-9H2,1-3H3/t12?,13?,15-/m0/s1. The monoisotopic (exact) mass is 218 g/mol. The number of rotatable bonds is 0. The topological polar surface area (TPSA) is 9.23 Å². The maximum absolute atomic E-state index is 5.96. The highest BCUT2D eigenvalue weighted by molar-refractivity contribution is 5.23. The van der Waals surface area contributed by atoms with Crippen LogP contribution in [-0.2, 0) is 4.74 Å². The van der Waals surface area contributed by atoms with Crippen LogP contribution in [0.3, 0.4) is 0 Å². The zero-order valence-corrected chi connectivity index (χ0v) is 10.6. The second-order valence-corrected chi connectivity index (χ2v) is 6.63. The molecule has 3 rings (SSSR count). The Hall–Kier alpha value is -0.720. The molecular formula is C15H22O. The first-order valence-electron chi connectivity index (χ1n) is 6.55. The van der Waals surface area contributed by atoms with E-state index in [0.717, 1.165) is 18.3 Å². The van der Waals surface area contributed by atoms with Gasteiger partial charge in [-0.1, -0.05) is 19.1 Å². The van der Waals surface area contributed by atoms with Crippen LogP contribution in [0.15, 0.2) is 24.0 Å². The molecule has 2 bridgehead atoms. The van der Waals surface area contributed by atoms with Gasteiger partial charge in [-0.15, -0.1) is 0 Å². The van der Waals surface area contributed by atoms with E-state index in [1.54, 1.807) is 0 Å². The molecule has 1 heteroatoms. The summed E-state index contributed by atoms with van der Waals surface area (Å²) < 4.78 is 5.96. The van der Waals surface area contributed by atoms with E-state index < -0.39 is 0 Å². The van der Waals surface area contributed by atoms with Gasteiger partial charge in [0.15, 0.2) is 0 Å². The fourth-order valence-electron chi connectivity index (χ4n) is 3.89. The molecule has 1 heterocycles. The molecule has 3 atom stereocenters. The smallest absolute Gasteiger partial charge is 0.106 e. The highest BCUT2D eigenvalue weighted by atomic mass is 16.5. The van der Waals surface area contributed by atoms with Gasteiger partial charge in [-0.3, -0.25) is 0 Å². The van der Waals surface area contributed by atoms with E-state index in [4.69, 9.17) is 4.74 Å². The minimum atomic E-state index is 0.0415. The summed E-state index contributed by atoms with van der Waals surface area (Å²) in [7, 11) is 0. The molecule has 1 saturated carbocycles. The van der Waals surface area contributed by atoms with Crippen molar-refractivity contribution in [3.63, 3.8) is 0 Å². The zero-order valence-electron chi connectivity index (χ0n) is 10.6. The van der Waals surface area contributed by atoms with E-state index >= 15 is 0 Å². The number of allylic oxidation sites excluding steroid dienone is 3. The van der Waals surface area contributed by atoms with Crippen molar-refractivity contribution in [2.75, 3.05) is 0 Å². The van der Waals surface area contributed by atoms with Crippen LogP contribution in [0.2, 0.25) is 0 Å². The molecule has 2 unspecified atom stereocenters. The molecule has 3 aliphatic rings. The Kier molecular flexibility index (Phi) is 2.05. The summed E-state index contributed by atoms with van der Waals surface area (Å²) in [6.45, 7) is 6.93. The van der Waals surface area contributed by atoms with Crippen LogP contribution in [0.25, 0.3) is 0 Å². The third kappa shape index (κ3) is 1.44. The normalized spacial score (nSPS) is 44.3. The van der Waals surface area contributed by atoms with Crippen LogP contribution in [-0.4, -0.2) is 5.60 Å². The number of hydrogen-bond acceptors (Lipinski definition) is 1. The van der Waals surface area contributed by atoms with Gasteiger partial charge in [-0.05, 0) is 56.4 Å². The van der Waals surface area contributed by atoms with Gasteiger partial charge in [0, 0.05) is 5.92 Å². The summed E-state index contributed by atoms with van der Waals surface area (Å²) in [5.74, 6) is 1.48. The lowest BCUT2D eigenvalue weighted by atomic mass is 9.60. The van der Waals surface area contributed by atoms with E-state index in [9.17, 15) is 0 Å². The maximum atomic E-state index is 5.96. The number of ether oxygens (including phenoxy) is 1. The summed E-state index contributed by atoms with van der Waals surface area (Å²) in [5, 5.41) is 0. The summed E-state index contributed by atoms with van der Waals surface area (Å²) in [4.78, 5) is 0. The predicted molar refractivity (Wildman–Crippen MR) is 65.9 cm³/mol. The van der Waals surface area contributed by atoms with Crippen LogP contribution >= 0.6 is 0 Å². The Bertz CT molecular complexity index is 364. The molecular weight excluding hydrogens is 196 g/mol. The van der Waals surface area contributed by atoms with Gasteiger partial charge in [0.1, 0.15) is 5.60 Å². The fourth-order valence-corrected chi connectivity index (χ4v) is 3.89. The lowest BCUT2D eigenvalue weighted by Gasteiger charge is -2.49. The highest BCUT2D eigenvalue weighted by Gasteiger charge is 2.48. The molecule has 0 aromatic carbocycles. The van der Waals surface area contributed by atoms with E-state index in [2.05, 4.69) is 39.2 Å². The van der Waals surface area contributed by atoms with E-state index in [1.807, 2.05) is 0 Å². The van der Waals surface area contributed by atoms with Gasteiger partial charge in [0.05, 0.1) is 6.26 Å². The van der Waals surface area contributed by atoms with E-state index in [-0.39, 0.29) is 5.60 Å². The minimum absolute atomic E-state index is 0.0415. The van der Waals surface area contributed by atoms with Gasteiger partial charge in [-0.2, -0.15) is 0 Å². The lowest BCUT2D eigenvalue weighted by molar-refractivity contribution is -0.0638. The zero-order chi connectivity index (χ0) is 11.4. The van der Waals surface area contributed by atoms with Crippen molar-refractivity contribution in [1.29, 1.82) is 0 Å². The molecule has 0 N–H and O–H groups in total. The molecule has 1 fully saturated rings. The van der Waals surface area contributed by atoms with Gasteiger partial charge in [0.2, 0.25) is 0 Å². The van der Waals surface area contributed by atoms with Crippen molar-refractivity contribution < 1.29 is 4.74 Å². The SMILES string of the molecule is CC1(C)OC=C2CC=C[C@@]3(C)CCC1C2C3. The Labute approximate surface area is 98.6 Å². The Balaban J connectivity index is 2.02. The molecule has 88 valence electrons. The molecule has 0 spiro atoms. The van der Waals surface area contributed by atoms with Crippen molar-refractivity contribution in [3.8, 4) is 0 Å². The first-order valence-corrected chi connectivity index (χ1v) is 6.55. The highest BCUT2D eigenvalue weighted by Crippen LogP contribution is 2.54. The van der Waals surface area contributed by atoms with Crippen molar-refractivity contribution in [2.24, 2.45) is 17.3 Å². The molecule has 16 heavy (non-hydrogen) atoms.